The van der Waals surface area contributed by atoms with Crippen LogP contribution in [0.5, 0.6) is 0 Å². The van der Waals surface area contributed by atoms with E-state index in [0.717, 1.165) is 17.4 Å². The molecule has 1 aliphatic carbocycles. The quantitative estimate of drug-likeness (QED) is 0.676. The first-order valence-electron chi connectivity index (χ1n) is 8.20. The van der Waals surface area contributed by atoms with E-state index in [9.17, 15) is 8.42 Å². The second-order valence-corrected chi connectivity index (χ2v) is 7.77. The van der Waals surface area contributed by atoms with Crippen molar-refractivity contribution in [1.82, 2.24) is 0 Å². The Labute approximate surface area is 148 Å². The molecule has 25 heavy (non-hydrogen) atoms. The summed E-state index contributed by atoms with van der Waals surface area (Å²) in [5, 5.41) is 0. The van der Waals surface area contributed by atoms with Crippen LogP contribution in [0.1, 0.15) is 17.5 Å². The maximum Gasteiger partial charge on any atom is 0.264 e. The zero-order valence-corrected chi connectivity index (χ0v) is 14.9. The molecule has 5 nitrogen and oxygen atoms in total. The van der Waals surface area contributed by atoms with Gasteiger partial charge in [0.15, 0.2) is 0 Å². The van der Waals surface area contributed by atoms with Crippen molar-refractivity contribution >= 4 is 10.1 Å². The van der Waals surface area contributed by atoms with E-state index in [-0.39, 0.29) is 6.10 Å². The van der Waals surface area contributed by atoms with Crippen molar-refractivity contribution < 1.29 is 22.1 Å². The Morgan fingerprint density at radius 3 is 1.88 bits per heavy atom. The predicted molar refractivity (Wildman–Crippen MR) is 94.4 cm³/mol. The van der Waals surface area contributed by atoms with Crippen molar-refractivity contribution in [3.05, 3.63) is 71.8 Å². The molecule has 134 valence electrons. The molecule has 0 heterocycles. The van der Waals surface area contributed by atoms with Gasteiger partial charge in [-0.25, -0.2) is 0 Å². The van der Waals surface area contributed by atoms with Crippen molar-refractivity contribution in [2.75, 3.05) is 6.26 Å². The molecule has 3 rings (SSSR count). The molecule has 0 amide bonds. The zero-order valence-electron chi connectivity index (χ0n) is 14.1. The molecule has 1 aliphatic rings. The van der Waals surface area contributed by atoms with Crippen LogP contribution in [0, 0.1) is 0 Å². The van der Waals surface area contributed by atoms with E-state index in [1.165, 1.54) is 0 Å². The van der Waals surface area contributed by atoms with Gasteiger partial charge in [0, 0.05) is 6.42 Å². The van der Waals surface area contributed by atoms with Gasteiger partial charge >= 0.3 is 0 Å². The molecule has 1 saturated carbocycles. The van der Waals surface area contributed by atoms with Crippen LogP contribution >= 0.6 is 0 Å². The first kappa shape index (κ1) is 18.1. The Kier molecular flexibility index (Phi) is 5.86. The number of hydrogen-bond acceptors (Lipinski definition) is 5. The van der Waals surface area contributed by atoms with E-state index in [0.29, 0.717) is 19.6 Å². The van der Waals surface area contributed by atoms with Crippen LogP contribution in [0.2, 0.25) is 0 Å². The minimum absolute atomic E-state index is 0.185. The minimum Gasteiger partial charge on any atom is -0.371 e. The van der Waals surface area contributed by atoms with E-state index in [1.54, 1.807) is 0 Å². The summed E-state index contributed by atoms with van der Waals surface area (Å²) in [7, 11) is -3.53. The van der Waals surface area contributed by atoms with Crippen LogP contribution in [0.3, 0.4) is 0 Å². The van der Waals surface area contributed by atoms with E-state index < -0.39 is 22.3 Å². The number of hydrogen-bond donors (Lipinski definition) is 0. The molecule has 0 N–H and O–H groups in total. The van der Waals surface area contributed by atoms with Crippen molar-refractivity contribution in [1.29, 1.82) is 0 Å². The van der Waals surface area contributed by atoms with Crippen molar-refractivity contribution in [3.63, 3.8) is 0 Å². The fourth-order valence-corrected chi connectivity index (χ4v) is 3.42. The van der Waals surface area contributed by atoms with Gasteiger partial charge in [-0.15, -0.1) is 0 Å². The molecule has 0 aliphatic heterocycles. The van der Waals surface area contributed by atoms with E-state index in [1.807, 2.05) is 60.7 Å². The Morgan fingerprint density at radius 2 is 1.36 bits per heavy atom. The van der Waals surface area contributed by atoms with Crippen LogP contribution in [-0.2, 0) is 37.0 Å². The van der Waals surface area contributed by atoms with Crippen LogP contribution in [0.15, 0.2) is 60.7 Å². The SMILES string of the molecule is CS(=O)(=O)OC1CC(OCc2ccccc2)C1OCc1ccccc1. The standard InChI is InChI=1S/C19H22O5S/c1-25(20,21)24-18-12-17(22-13-15-8-4-2-5-9-15)19(18)23-14-16-10-6-3-7-11-16/h2-11,17-19H,12-14H2,1H3. The highest BCUT2D eigenvalue weighted by molar-refractivity contribution is 7.86. The van der Waals surface area contributed by atoms with Crippen molar-refractivity contribution in [3.8, 4) is 0 Å². The Hall–Kier alpha value is -1.73. The van der Waals surface area contributed by atoms with Gasteiger partial charge < -0.3 is 9.47 Å². The van der Waals surface area contributed by atoms with Gasteiger partial charge in [-0.3, -0.25) is 4.18 Å². The molecular formula is C19H22O5S. The van der Waals surface area contributed by atoms with E-state index in [2.05, 4.69) is 0 Å². The average molecular weight is 362 g/mol. The molecule has 6 heteroatoms. The third kappa shape index (κ3) is 5.37. The van der Waals surface area contributed by atoms with Crippen molar-refractivity contribution in [2.45, 2.75) is 37.9 Å². The largest absolute Gasteiger partial charge is 0.371 e. The lowest BCUT2D eigenvalue weighted by atomic mass is 9.88. The normalized spacial score (nSPS) is 23.2. The Morgan fingerprint density at radius 1 is 0.840 bits per heavy atom. The topological polar surface area (TPSA) is 61.8 Å². The van der Waals surface area contributed by atoms with Gasteiger partial charge in [0.25, 0.3) is 10.1 Å². The molecule has 0 spiro atoms. The van der Waals surface area contributed by atoms with Crippen LogP contribution in [0.4, 0.5) is 0 Å². The third-order valence-corrected chi connectivity index (χ3v) is 4.68. The first-order chi connectivity index (χ1) is 12.0. The molecule has 0 bridgehead atoms. The average Bonchev–Trinajstić information content (AvgIpc) is 2.58. The lowest BCUT2D eigenvalue weighted by Gasteiger charge is -2.42. The summed E-state index contributed by atoms with van der Waals surface area (Å²) in [5.74, 6) is 0. The molecule has 2 aromatic carbocycles. The molecule has 3 atom stereocenters. The fourth-order valence-electron chi connectivity index (χ4n) is 2.78. The van der Waals surface area contributed by atoms with Gasteiger partial charge in [-0.05, 0) is 11.1 Å². The first-order valence-corrected chi connectivity index (χ1v) is 10.0. The molecule has 3 unspecified atom stereocenters. The summed E-state index contributed by atoms with van der Waals surface area (Å²) in [6.45, 7) is 0.850. The van der Waals surface area contributed by atoms with E-state index in [4.69, 9.17) is 13.7 Å². The fraction of sp³-hybridized carbons (Fsp3) is 0.368. The van der Waals surface area contributed by atoms with Gasteiger partial charge in [-0.2, -0.15) is 8.42 Å². The highest BCUT2D eigenvalue weighted by Gasteiger charge is 2.45. The number of ether oxygens (including phenoxy) is 2. The Balaban J connectivity index is 1.59. The molecule has 2 aromatic rings. The molecule has 0 aromatic heterocycles. The van der Waals surface area contributed by atoms with Crippen LogP contribution < -0.4 is 0 Å². The maximum absolute atomic E-state index is 11.4. The third-order valence-electron chi connectivity index (χ3n) is 4.09. The summed E-state index contributed by atoms with van der Waals surface area (Å²) in [4.78, 5) is 0. The van der Waals surface area contributed by atoms with Gasteiger partial charge in [0.1, 0.15) is 12.2 Å². The Bertz CT molecular complexity index is 761. The second kappa shape index (κ2) is 8.10. The van der Waals surface area contributed by atoms with Gasteiger partial charge in [-0.1, -0.05) is 60.7 Å². The van der Waals surface area contributed by atoms with Crippen LogP contribution in [0.25, 0.3) is 0 Å². The summed E-state index contributed by atoms with van der Waals surface area (Å²) in [6.07, 6.45) is 0.465. The molecule has 0 saturated heterocycles. The smallest absolute Gasteiger partial charge is 0.264 e. The lowest BCUT2D eigenvalue weighted by molar-refractivity contribution is -0.191. The van der Waals surface area contributed by atoms with Gasteiger partial charge in [0.05, 0.1) is 25.6 Å². The number of rotatable bonds is 8. The van der Waals surface area contributed by atoms with E-state index >= 15 is 0 Å². The summed E-state index contributed by atoms with van der Waals surface area (Å²) in [6, 6.07) is 19.6. The zero-order chi connectivity index (χ0) is 17.7. The highest BCUT2D eigenvalue weighted by Crippen LogP contribution is 2.32. The summed E-state index contributed by atoms with van der Waals surface area (Å²) < 4.78 is 39.8. The summed E-state index contributed by atoms with van der Waals surface area (Å²) >= 11 is 0. The molecule has 1 fully saturated rings. The monoisotopic (exact) mass is 362 g/mol. The molecular weight excluding hydrogens is 340 g/mol. The van der Waals surface area contributed by atoms with Crippen molar-refractivity contribution in [2.24, 2.45) is 0 Å². The maximum atomic E-state index is 11.4. The predicted octanol–water partition coefficient (Wildman–Crippen LogP) is 2.91. The van der Waals surface area contributed by atoms with Gasteiger partial charge in [0.2, 0.25) is 0 Å². The molecule has 0 radical (unpaired) electrons. The lowest BCUT2D eigenvalue weighted by Crippen LogP contribution is -2.55. The highest BCUT2D eigenvalue weighted by atomic mass is 32.2. The van der Waals surface area contributed by atoms with Crippen LogP contribution in [-0.4, -0.2) is 33.0 Å². The summed E-state index contributed by atoms with van der Waals surface area (Å²) in [5.41, 5.74) is 2.09. The second-order valence-electron chi connectivity index (χ2n) is 6.17. The number of benzene rings is 2. The minimum atomic E-state index is -3.53.